The van der Waals surface area contributed by atoms with E-state index in [1.165, 1.54) is 10.4 Å². The van der Waals surface area contributed by atoms with Gasteiger partial charge in [-0.25, -0.2) is 4.98 Å². The molecule has 16 heavy (non-hydrogen) atoms. The number of benzene rings is 1. The highest BCUT2D eigenvalue weighted by Crippen LogP contribution is 2.22. The van der Waals surface area contributed by atoms with E-state index in [0.29, 0.717) is 0 Å². The SMILES string of the molecule is Cc1nc(C)c(Cc2ccc(C)c(N)c2)s1. The predicted octanol–water partition coefficient (Wildman–Crippen LogP) is 3.24. The van der Waals surface area contributed by atoms with Crippen molar-refractivity contribution in [1.29, 1.82) is 0 Å². The molecule has 3 heteroatoms. The first-order valence-corrected chi connectivity index (χ1v) is 6.16. The number of hydrogen-bond acceptors (Lipinski definition) is 3. The third-order valence-corrected chi connectivity index (χ3v) is 3.78. The van der Waals surface area contributed by atoms with Crippen LogP contribution in [0.4, 0.5) is 5.69 Å². The van der Waals surface area contributed by atoms with Gasteiger partial charge in [-0.2, -0.15) is 0 Å². The molecule has 0 unspecified atom stereocenters. The Morgan fingerprint density at radius 2 is 2.00 bits per heavy atom. The maximum Gasteiger partial charge on any atom is 0.0900 e. The first-order chi connectivity index (χ1) is 7.56. The van der Waals surface area contributed by atoms with Gasteiger partial charge in [-0.15, -0.1) is 11.3 Å². The zero-order chi connectivity index (χ0) is 11.7. The maximum absolute atomic E-state index is 5.91. The summed E-state index contributed by atoms with van der Waals surface area (Å²) in [5.74, 6) is 0. The molecule has 0 fully saturated rings. The third kappa shape index (κ3) is 2.25. The first kappa shape index (κ1) is 11.1. The summed E-state index contributed by atoms with van der Waals surface area (Å²) in [5, 5.41) is 1.13. The van der Waals surface area contributed by atoms with Crippen molar-refractivity contribution >= 4 is 17.0 Å². The minimum absolute atomic E-state index is 0.872. The molecular formula is C13H16N2S. The van der Waals surface area contributed by atoms with Crippen molar-refractivity contribution in [3.63, 3.8) is 0 Å². The smallest absolute Gasteiger partial charge is 0.0900 e. The molecule has 0 amide bonds. The molecule has 2 nitrogen and oxygen atoms in total. The van der Waals surface area contributed by atoms with Crippen molar-refractivity contribution in [3.8, 4) is 0 Å². The lowest BCUT2D eigenvalue weighted by Gasteiger charge is -2.04. The molecule has 0 aliphatic rings. The van der Waals surface area contributed by atoms with Crippen molar-refractivity contribution in [2.45, 2.75) is 27.2 Å². The van der Waals surface area contributed by atoms with Gasteiger partial charge in [0, 0.05) is 17.0 Å². The largest absolute Gasteiger partial charge is 0.399 e. The monoisotopic (exact) mass is 232 g/mol. The van der Waals surface area contributed by atoms with Crippen molar-refractivity contribution in [2.75, 3.05) is 5.73 Å². The summed E-state index contributed by atoms with van der Waals surface area (Å²) in [6.45, 7) is 6.14. The zero-order valence-corrected chi connectivity index (χ0v) is 10.7. The number of anilines is 1. The number of nitrogens with zero attached hydrogens (tertiary/aromatic N) is 1. The Hall–Kier alpha value is -1.35. The molecule has 0 aliphatic heterocycles. The predicted molar refractivity (Wildman–Crippen MR) is 70.0 cm³/mol. The van der Waals surface area contributed by atoms with E-state index in [0.717, 1.165) is 28.4 Å². The minimum atomic E-state index is 0.872. The highest BCUT2D eigenvalue weighted by atomic mass is 32.1. The summed E-state index contributed by atoms with van der Waals surface area (Å²) in [5.41, 5.74) is 10.3. The topological polar surface area (TPSA) is 38.9 Å². The molecule has 0 aliphatic carbocycles. The van der Waals surface area contributed by atoms with Crippen LogP contribution in [0, 0.1) is 20.8 Å². The maximum atomic E-state index is 5.91. The number of thiazole rings is 1. The summed E-state index contributed by atoms with van der Waals surface area (Å²) in [7, 11) is 0. The Labute approximate surface area is 100 Å². The van der Waals surface area contributed by atoms with Crippen LogP contribution in [0.2, 0.25) is 0 Å². The van der Waals surface area contributed by atoms with Crippen LogP contribution < -0.4 is 5.73 Å². The van der Waals surface area contributed by atoms with Crippen molar-refractivity contribution in [2.24, 2.45) is 0 Å². The van der Waals surface area contributed by atoms with Gasteiger partial charge in [0.15, 0.2) is 0 Å². The number of aryl methyl sites for hydroxylation is 3. The number of nitrogens with two attached hydrogens (primary N) is 1. The quantitative estimate of drug-likeness (QED) is 0.807. The summed E-state index contributed by atoms with van der Waals surface area (Å²) in [6.07, 6.45) is 0.932. The normalized spacial score (nSPS) is 10.7. The van der Waals surface area contributed by atoms with Crippen LogP contribution in [-0.2, 0) is 6.42 Å². The molecule has 1 aromatic carbocycles. The second-order valence-electron chi connectivity index (χ2n) is 4.11. The Bertz CT molecular complexity index is 515. The summed E-state index contributed by atoms with van der Waals surface area (Å²) < 4.78 is 0. The lowest BCUT2D eigenvalue weighted by atomic mass is 10.1. The van der Waals surface area contributed by atoms with E-state index in [1.54, 1.807) is 11.3 Å². The molecule has 1 aromatic heterocycles. The molecule has 0 saturated carbocycles. The molecule has 2 aromatic rings. The molecule has 0 spiro atoms. The molecule has 0 bridgehead atoms. The second-order valence-corrected chi connectivity index (χ2v) is 5.40. The molecule has 0 radical (unpaired) electrons. The van der Waals surface area contributed by atoms with E-state index >= 15 is 0 Å². The van der Waals surface area contributed by atoms with Gasteiger partial charge in [-0.3, -0.25) is 0 Å². The Morgan fingerprint density at radius 1 is 1.25 bits per heavy atom. The molecule has 84 valence electrons. The highest BCUT2D eigenvalue weighted by molar-refractivity contribution is 7.11. The molecular weight excluding hydrogens is 216 g/mol. The summed E-state index contributed by atoms with van der Waals surface area (Å²) in [4.78, 5) is 5.77. The molecule has 0 atom stereocenters. The van der Waals surface area contributed by atoms with E-state index in [-0.39, 0.29) is 0 Å². The average Bonchev–Trinajstić information content (AvgIpc) is 2.51. The number of rotatable bonds is 2. The van der Waals surface area contributed by atoms with E-state index in [4.69, 9.17) is 5.73 Å². The standard InChI is InChI=1S/C13H16N2S/c1-8-4-5-11(6-12(8)14)7-13-9(2)15-10(3)16-13/h4-6H,7,14H2,1-3H3. The molecule has 2 rings (SSSR count). The Kier molecular flexibility index (Phi) is 2.97. The van der Waals surface area contributed by atoms with Crippen LogP contribution in [0.25, 0.3) is 0 Å². The van der Waals surface area contributed by atoms with Gasteiger partial charge >= 0.3 is 0 Å². The van der Waals surface area contributed by atoms with E-state index in [2.05, 4.69) is 30.1 Å². The van der Waals surface area contributed by atoms with E-state index in [9.17, 15) is 0 Å². The number of nitrogen functional groups attached to an aromatic ring is 1. The highest BCUT2D eigenvalue weighted by Gasteiger charge is 2.06. The fourth-order valence-corrected chi connectivity index (χ4v) is 2.69. The molecule has 0 saturated heterocycles. The summed E-state index contributed by atoms with van der Waals surface area (Å²) in [6, 6.07) is 6.28. The van der Waals surface area contributed by atoms with Gasteiger partial charge in [-0.05, 0) is 38.0 Å². The van der Waals surface area contributed by atoms with Crippen molar-refractivity contribution in [1.82, 2.24) is 4.98 Å². The Balaban J connectivity index is 2.27. The van der Waals surface area contributed by atoms with E-state index < -0.39 is 0 Å². The van der Waals surface area contributed by atoms with Gasteiger partial charge in [0.2, 0.25) is 0 Å². The number of aromatic nitrogens is 1. The van der Waals surface area contributed by atoms with Gasteiger partial charge in [-0.1, -0.05) is 12.1 Å². The molecule has 1 heterocycles. The second kappa shape index (κ2) is 4.26. The first-order valence-electron chi connectivity index (χ1n) is 5.34. The fraction of sp³-hybridized carbons (Fsp3) is 0.308. The molecule has 2 N–H and O–H groups in total. The van der Waals surface area contributed by atoms with Crippen molar-refractivity contribution in [3.05, 3.63) is 44.9 Å². The van der Waals surface area contributed by atoms with Crippen LogP contribution in [0.3, 0.4) is 0 Å². The van der Waals surface area contributed by atoms with E-state index in [1.807, 2.05) is 13.8 Å². The van der Waals surface area contributed by atoms with Crippen LogP contribution >= 0.6 is 11.3 Å². The lowest BCUT2D eigenvalue weighted by molar-refractivity contribution is 1.13. The van der Waals surface area contributed by atoms with Crippen LogP contribution in [0.5, 0.6) is 0 Å². The number of hydrogen-bond donors (Lipinski definition) is 1. The Morgan fingerprint density at radius 3 is 2.56 bits per heavy atom. The van der Waals surface area contributed by atoms with Crippen LogP contribution in [0.15, 0.2) is 18.2 Å². The van der Waals surface area contributed by atoms with Crippen molar-refractivity contribution < 1.29 is 0 Å². The lowest BCUT2D eigenvalue weighted by Crippen LogP contribution is -1.93. The van der Waals surface area contributed by atoms with Gasteiger partial charge in [0.1, 0.15) is 0 Å². The minimum Gasteiger partial charge on any atom is -0.399 e. The van der Waals surface area contributed by atoms with Gasteiger partial charge < -0.3 is 5.73 Å². The zero-order valence-electron chi connectivity index (χ0n) is 9.87. The average molecular weight is 232 g/mol. The van der Waals surface area contributed by atoms with Crippen LogP contribution in [0.1, 0.15) is 26.7 Å². The fourth-order valence-electron chi connectivity index (χ4n) is 1.72. The van der Waals surface area contributed by atoms with Crippen LogP contribution in [-0.4, -0.2) is 4.98 Å². The van der Waals surface area contributed by atoms with Gasteiger partial charge in [0.05, 0.1) is 10.7 Å². The summed E-state index contributed by atoms with van der Waals surface area (Å²) >= 11 is 1.77. The van der Waals surface area contributed by atoms with Gasteiger partial charge in [0.25, 0.3) is 0 Å². The third-order valence-electron chi connectivity index (χ3n) is 2.71.